The highest BCUT2D eigenvalue weighted by Crippen LogP contribution is 2.35. The number of anilines is 4. The highest BCUT2D eigenvalue weighted by atomic mass is 35.5. The molecule has 2 aliphatic rings. The van der Waals surface area contributed by atoms with Crippen LogP contribution in [-0.2, 0) is 57.9 Å². The molecule has 6 aromatic carbocycles. The molecule has 0 atom stereocenters. The van der Waals surface area contributed by atoms with Gasteiger partial charge < -0.3 is 46.1 Å². The van der Waals surface area contributed by atoms with Gasteiger partial charge in [-0.3, -0.25) is 18.2 Å². The van der Waals surface area contributed by atoms with Gasteiger partial charge >= 0.3 is 6.09 Å². The van der Waals surface area contributed by atoms with Crippen LogP contribution in [0.2, 0.25) is 20.1 Å². The Morgan fingerprint density at radius 3 is 1.21 bits per heavy atom. The number of hydrogen-bond donors (Lipinski definition) is 4. The van der Waals surface area contributed by atoms with Crippen molar-refractivity contribution in [2.24, 2.45) is 5.73 Å². The number of hydrogen-bond acceptors (Lipinski definition) is 15. The van der Waals surface area contributed by atoms with E-state index >= 15 is 0 Å². The summed E-state index contributed by atoms with van der Waals surface area (Å²) >= 11 is 24.2. The lowest BCUT2D eigenvalue weighted by Gasteiger charge is -2.47. The van der Waals surface area contributed by atoms with Crippen molar-refractivity contribution in [1.82, 2.24) is 23.2 Å². The number of quaternary nitrogens is 2. The minimum atomic E-state index is -3.97. The summed E-state index contributed by atoms with van der Waals surface area (Å²) in [6.45, 7) is 5.09. The van der Waals surface area contributed by atoms with Crippen LogP contribution in [-0.4, -0.2) is 145 Å². The lowest BCUT2D eigenvalue weighted by atomic mass is 10.1. The van der Waals surface area contributed by atoms with E-state index in [2.05, 4.69) is 16.0 Å². The van der Waals surface area contributed by atoms with Gasteiger partial charge in [0, 0.05) is 82.9 Å². The number of alkyl carbamates (subject to hydrolysis) is 1. The molecule has 6 aromatic rings. The fourth-order valence-electron chi connectivity index (χ4n) is 9.36. The predicted octanol–water partition coefficient (Wildman–Crippen LogP) is 9.21. The molecule has 24 nitrogen and oxygen atoms in total. The normalized spacial score (nSPS) is 15.4. The molecule has 5 N–H and O–H groups in total. The number of carbonyl (C=O) groups is 3. The molecule has 0 radical (unpaired) electrons. The molecule has 2 heterocycles. The molecule has 2 fully saturated rings. The van der Waals surface area contributed by atoms with Crippen LogP contribution in [0.15, 0.2) is 131 Å². The zero-order valence-electron chi connectivity index (χ0n) is 49.6. The first kappa shape index (κ1) is 73.2. The van der Waals surface area contributed by atoms with Crippen LogP contribution < -0.4 is 39.6 Å². The number of halogens is 5. The first-order chi connectivity index (χ1) is 41.3. The number of piperazine rings is 2. The van der Waals surface area contributed by atoms with Crippen molar-refractivity contribution in [2.45, 2.75) is 49.3 Å². The maximum Gasteiger partial charge on any atom is 0.407 e. The van der Waals surface area contributed by atoms with E-state index in [9.17, 15) is 58.5 Å². The van der Waals surface area contributed by atoms with Crippen LogP contribution in [0.1, 0.15) is 52.6 Å². The first-order valence-electron chi connectivity index (χ1n) is 27.1. The monoisotopic (exact) mass is 1420 g/mol. The van der Waals surface area contributed by atoms with E-state index < -0.39 is 72.9 Å². The van der Waals surface area contributed by atoms with Crippen LogP contribution >= 0.6 is 58.8 Å². The summed E-state index contributed by atoms with van der Waals surface area (Å²) in [5.41, 5.74) is 7.72. The van der Waals surface area contributed by atoms with E-state index in [0.29, 0.717) is 48.3 Å². The van der Waals surface area contributed by atoms with E-state index in [1.165, 1.54) is 132 Å². The quantitative estimate of drug-likeness (QED) is 0.0488. The number of nitrogens with one attached hydrogen (secondary N) is 3. The van der Waals surface area contributed by atoms with E-state index in [-0.39, 0.29) is 116 Å². The topological polar surface area (TPSA) is 318 Å². The van der Waals surface area contributed by atoms with Crippen LogP contribution in [0.3, 0.4) is 0 Å². The second-order valence-electron chi connectivity index (χ2n) is 21.9. The molecule has 0 unspecified atom stereocenters. The number of benzene rings is 6. The molecule has 2 saturated heterocycles. The SMILES string of the molecule is CN(c1ccc(CN)cc1C(=O)Nc1ccc(S(=O)(=O)N2CC[N+]([O-])(c3cc(Cl)cc(Cl)c3)CC2)cc1)S(C)(=O)=O.CN(c1ccc(CNC(=O)OC(C)(C)C)cc1C(=O)Nc1ccc(S(=O)(=O)N2CC[N+]([O-])(c3cc(Cl)cc(Cl)c3)CC2)cc1)S(C)(=O)=O.Cl. The Balaban J connectivity index is 0.000000287. The Kier molecular flexibility index (Phi) is 23.5. The predicted molar refractivity (Wildman–Crippen MR) is 357 cm³/mol. The van der Waals surface area contributed by atoms with Gasteiger partial charge in [0.15, 0.2) is 0 Å². The molecule has 3 amide bonds. The molecule has 8 rings (SSSR count). The van der Waals surface area contributed by atoms with Gasteiger partial charge in [-0.1, -0.05) is 58.5 Å². The van der Waals surface area contributed by atoms with Gasteiger partial charge in [-0.2, -0.15) is 8.61 Å². The highest BCUT2D eigenvalue weighted by molar-refractivity contribution is 7.92. The second-order valence-corrected chi connectivity index (χ2v) is 31.6. The molecule has 488 valence electrons. The third-order valence-electron chi connectivity index (χ3n) is 14.3. The van der Waals surface area contributed by atoms with Crippen molar-refractivity contribution < 1.29 is 52.8 Å². The Morgan fingerprint density at radius 2 is 0.889 bits per heavy atom. The smallest absolute Gasteiger partial charge is 0.407 e. The molecule has 33 heteroatoms. The zero-order chi connectivity index (χ0) is 65.8. The standard InChI is InChI=1S/C31H37Cl2N5O8S2.C26H29Cl2N5O6S2.ClH/c1-31(2,3)46-30(40)34-20-21-6-11-28(36(4)47(5,42)43)27(16-21)29(39)35-24-7-9-26(10-8-24)48(44,45)37-12-14-38(41,15-13-37)25-18-22(32)17-23(33)19-25;1-31(40(2,36)37)25-8-3-18(17-29)13-24(25)26(34)30-21-4-6-23(7-5-21)41(38,39)32-9-11-33(35,12-10-32)22-15-19(27)14-20(28)16-22;/h6-11,16-19H,12-15,20H2,1-5H3,(H,34,40)(H,35,39);3-8,13-16H,9-12,17,29H2,1-2H3,(H,30,34);1H. The van der Waals surface area contributed by atoms with Crippen LogP contribution in [0.4, 0.5) is 38.9 Å². The summed E-state index contributed by atoms with van der Waals surface area (Å²) in [5, 5.41) is 36.1. The average molecular weight is 1420 g/mol. The highest BCUT2D eigenvalue weighted by Gasteiger charge is 2.37. The summed E-state index contributed by atoms with van der Waals surface area (Å²) < 4.78 is 110. The molecule has 0 bridgehead atoms. The summed E-state index contributed by atoms with van der Waals surface area (Å²) in [6, 6.07) is 29.3. The number of carbonyl (C=O) groups excluding carboxylic acids is 3. The minimum absolute atomic E-state index is 0. The van der Waals surface area contributed by atoms with Crippen molar-refractivity contribution in [2.75, 3.05) is 98.2 Å². The Bertz CT molecular complexity index is 4080. The lowest BCUT2D eigenvalue weighted by molar-refractivity contribution is 0.0523. The van der Waals surface area contributed by atoms with Crippen molar-refractivity contribution in [3.63, 3.8) is 0 Å². The number of amides is 3. The van der Waals surface area contributed by atoms with Gasteiger partial charge in [0.05, 0.1) is 97.2 Å². The summed E-state index contributed by atoms with van der Waals surface area (Å²) in [7, 11) is -12.6. The molecule has 0 aliphatic carbocycles. The molecule has 2 aliphatic heterocycles. The van der Waals surface area contributed by atoms with Crippen molar-refractivity contribution in [3.05, 3.63) is 174 Å². The fourth-order valence-corrected chi connectivity index (χ4v) is 14.3. The number of nitrogens with two attached hydrogens (primary N) is 1. The van der Waals surface area contributed by atoms with E-state index in [1.807, 2.05) is 0 Å². The van der Waals surface area contributed by atoms with Gasteiger partial charge in [0.1, 0.15) is 17.0 Å². The van der Waals surface area contributed by atoms with Crippen LogP contribution in [0.25, 0.3) is 0 Å². The van der Waals surface area contributed by atoms with Crippen molar-refractivity contribution >= 4 is 151 Å². The van der Waals surface area contributed by atoms with Gasteiger partial charge in [-0.05, 0) is 117 Å². The van der Waals surface area contributed by atoms with Gasteiger partial charge in [-0.15, -0.1) is 12.4 Å². The van der Waals surface area contributed by atoms with Crippen LogP contribution in [0.5, 0.6) is 0 Å². The summed E-state index contributed by atoms with van der Waals surface area (Å²) in [4.78, 5) is 38.7. The second kappa shape index (κ2) is 28.9. The van der Waals surface area contributed by atoms with Crippen molar-refractivity contribution in [1.29, 1.82) is 0 Å². The fraction of sp³-hybridized carbons (Fsp3) is 0.316. The Morgan fingerprint density at radius 1 is 0.556 bits per heavy atom. The lowest BCUT2D eigenvalue weighted by Crippen LogP contribution is -2.58. The molecular formula is C57H67Cl5N10O14S4. The number of ether oxygens (including phenoxy) is 1. The number of nitrogens with zero attached hydrogens (tertiary/aromatic N) is 6. The Labute approximate surface area is 550 Å². The summed E-state index contributed by atoms with van der Waals surface area (Å²) in [6.07, 6.45) is 1.36. The molecule has 0 aromatic heterocycles. The van der Waals surface area contributed by atoms with Gasteiger partial charge in [0.2, 0.25) is 40.1 Å². The molecule has 0 saturated carbocycles. The third-order valence-corrected chi connectivity index (χ3v) is 21.4. The molecular weight excluding hydrogens is 1350 g/mol. The largest absolute Gasteiger partial charge is 0.627 e. The van der Waals surface area contributed by atoms with E-state index in [1.54, 1.807) is 32.9 Å². The van der Waals surface area contributed by atoms with E-state index in [4.69, 9.17) is 56.9 Å². The summed E-state index contributed by atoms with van der Waals surface area (Å²) in [5.74, 6) is -1.26. The maximum atomic E-state index is 13.5. The minimum Gasteiger partial charge on any atom is -0.627 e. The van der Waals surface area contributed by atoms with Gasteiger partial charge in [-0.25, -0.2) is 38.5 Å². The first-order valence-corrected chi connectivity index (χ1v) is 35.1. The van der Waals surface area contributed by atoms with Crippen molar-refractivity contribution in [3.8, 4) is 0 Å². The number of sulfonamides is 4. The van der Waals surface area contributed by atoms with Crippen LogP contribution in [0, 0.1) is 10.4 Å². The third kappa shape index (κ3) is 18.2. The zero-order valence-corrected chi connectivity index (χ0v) is 56.8. The molecule has 0 spiro atoms. The number of rotatable bonds is 17. The van der Waals surface area contributed by atoms with Gasteiger partial charge in [0.25, 0.3) is 11.8 Å². The maximum absolute atomic E-state index is 13.5. The number of hydroxylamine groups is 4. The Hall–Kier alpha value is -5.90. The molecule has 90 heavy (non-hydrogen) atoms. The average Bonchev–Trinajstić information content (AvgIpc) is 1.05. The van der Waals surface area contributed by atoms with E-state index in [0.717, 1.165) is 21.1 Å².